The monoisotopic (exact) mass is 296 g/mol. The van der Waals surface area contributed by atoms with Crippen LogP contribution in [0.3, 0.4) is 0 Å². The molecule has 0 aliphatic carbocycles. The van der Waals surface area contributed by atoms with Gasteiger partial charge >= 0.3 is 7.12 Å². The van der Waals surface area contributed by atoms with Gasteiger partial charge in [0.1, 0.15) is 5.75 Å². The first kappa shape index (κ1) is 15.1. The molecule has 2 aromatic rings. The molecule has 3 nitrogen and oxygen atoms in total. The zero-order valence-corrected chi connectivity index (χ0v) is 13.5. The number of phenolic OH excluding ortho intramolecular Hbond substituents is 1. The first-order valence-electron chi connectivity index (χ1n) is 7.54. The van der Waals surface area contributed by atoms with Crippen LogP contribution in [0.2, 0.25) is 0 Å². The van der Waals surface area contributed by atoms with Crippen LogP contribution in [0.4, 0.5) is 0 Å². The van der Waals surface area contributed by atoms with E-state index in [1.54, 1.807) is 6.07 Å². The fourth-order valence-corrected chi connectivity index (χ4v) is 2.53. The summed E-state index contributed by atoms with van der Waals surface area (Å²) in [6, 6.07) is 15.3. The van der Waals surface area contributed by atoms with Crippen molar-refractivity contribution >= 4 is 12.6 Å². The molecule has 3 rings (SSSR count). The molecular formula is C18H21BO3. The van der Waals surface area contributed by atoms with Gasteiger partial charge in [-0.05, 0) is 44.8 Å². The molecule has 0 spiro atoms. The lowest BCUT2D eigenvalue weighted by atomic mass is 9.77. The Labute approximate surface area is 132 Å². The summed E-state index contributed by atoms with van der Waals surface area (Å²) in [4.78, 5) is 0. The maximum Gasteiger partial charge on any atom is 0.494 e. The van der Waals surface area contributed by atoms with Crippen molar-refractivity contribution in [3.63, 3.8) is 0 Å². The predicted molar refractivity (Wildman–Crippen MR) is 89.3 cm³/mol. The Bertz CT molecular complexity index is 664. The van der Waals surface area contributed by atoms with E-state index in [1.165, 1.54) is 0 Å². The summed E-state index contributed by atoms with van der Waals surface area (Å²) in [6.45, 7) is 8.13. The Morgan fingerprint density at radius 3 is 2.05 bits per heavy atom. The minimum absolute atomic E-state index is 0.256. The van der Waals surface area contributed by atoms with Gasteiger partial charge in [-0.2, -0.15) is 0 Å². The van der Waals surface area contributed by atoms with E-state index in [-0.39, 0.29) is 17.0 Å². The van der Waals surface area contributed by atoms with Gasteiger partial charge in [-0.1, -0.05) is 42.5 Å². The summed E-state index contributed by atoms with van der Waals surface area (Å²) in [7, 11) is -0.423. The molecule has 22 heavy (non-hydrogen) atoms. The predicted octanol–water partition coefficient (Wildman–Crippen LogP) is 3.36. The van der Waals surface area contributed by atoms with Crippen LogP contribution in [0.25, 0.3) is 11.1 Å². The zero-order chi connectivity index (χ0) is 16.0. The first-order chi connectivity index (χ1) is 10.3. The highest BCUT2D eigenvalue weighted by Crippen LogP contribution is 2.37. The van der Waals surface area contributed by atoms with Crippen LogP contribution in [-0.4, -0.2) is 23.4 Å². The molecular weight excluding hydrogens is 275 g/mol. The summed E-state index contributed by atoms with van der Waals surface area (Å²) >= 11 is 0. The summed E-state index contributed by atoms with van der Waals surface area (Å²) in [5.74, 6) is 0.256. The number of phenols is 1. The molecule has 4 heteroatoms. The molecule has 0 atom stereocenters. The third kappa shape index (κ3) is 2.53. The fraction of sp³-hybridized carbons (Fsp3) is 0.333. The van der Waals surface area contributed by atoms with E-state index >= 15 is 0 Å². The van der Waals surface area contributed by atoms with Crippen LogP contribution in [0, 0.1) is 0 Å². The highest BCUT2D eigenvalue weighted by atomic mass is 16.7. The number of hydrogen-bond acceptors (Lipinski definition) is 3. The molecule has 1 aliphatic rings. The van der Waals surface area contributed by atoms with E-state index in [4.69, 9.17) is 9.31 Å². The summed E-state index contributed by atoms with van der Waals surface area (Å²) in [5, 5.41) is 10.2. The van der Waals surface area contributed by atoms with Gasteiger partial charge < -0.3 is 14.4 Å². The normalized spacial score (nSPS) is 19.4. The quantitative estimate of drug-likeness (QED) is 0.864. The smallest absolute Gasteiger partial charge is 0.494 e. The second-order valence-corrected chi connectivity index (χ2v) is 6.73. The molecule has 1 aliphatic heterocycles. The minimum Gasteiger partial charge on any atom is -0.507 e. The van der Waals surface area contributed by atoms with Gasteiger partial charge in [0.25, 0.3) is 0 Å². The topological polar surface area (TPSA) is 38.7 Å². The average molecular weight is 296 g/mol. The number of rotatable bonds is 2. The van der Waals surface area contributed by atoms with Crippen molar-refractivity contribution < 1.29 is 14.4 Å². The lowest BCUT2D eigenvalue weighted by molar-refractivity contribution is 0.00578. The largest absolute Gasteiger partial charge is 0.507 e. The van der Waals surface area contributed by atoms with Gasteiger partial charge in [0.15, 0.2) is 0 Å². The van der Waals surface area contributed by atoms with Gasteiger partial charge in [0.2, 0.25) is 0 Å². The van der Waals surface area contributed by atoms with Gasteiger partial charge in [-0.15, -0.1) is 0 Å². The summed E-state index contributed by atoms with van der Waals surface area (Å²) in [5.41, 5.74) is 1.92. The van der Waals surface area contributed by atoms with E-state index in [0.717, 1.165) is 16.6 Å². The Morgan fingerprint density at radius 2 is 1.45 bits per heavy atom. The van der Waals surface area contributed by atoms with Gasteiger partial charge in [0, 0.05) is 5.56 Å². The Balaban J connectivity index is 1.98. The van der Waals surface area contributed by atoms with Crippen molar-refractivity contribution in [1.29, 1.82) is 0 Å². The van der Waals surface area contributed by atoms with E-state index in [2.05, 4.69) is 0 Å². The highest BCUT2D eigenvalue weighted by molar-refractivity contribution is 6.62. The lowest BCUT2D eigenvalue weighted by Gasteiger charge is -2.32. The van der Waals surface area contributed by atoms with E-state index in [9.17, 15) is 5.11 Å². The van der Waals surface area contributed by atoms with Crippen LogP contribution in [-0.2, 0) is 9.31 Å². The van der Waals surface area contributed by atoms with Crippen LogP contribution < -0.4 is 5.46 Å². The molecule has 1 saturated heterocycles. The third-order valence-corrected chi connectivity index (χ3v) is 4.63. The summed E-state index contributed by atoms with van der Waals surface area (Å²) in [6.07, 6.45) is 0. The van der Waals surface area contributed by atoms with Crippen molar-refractivity contribution in [3.8, 4) is 16.9 Å². The summed E-state index contributed by atoms with van der Waals surface area (Å²) < 4.78 is 12.2. The Hall–Kier alpha value is -1.78. The van der Waals surface area contributed by atoms with Crippen molar-refractivity contribution in [3.05, 3.63) is 48.5 Å². The second kappa shape index (κ2) is 5.15. The molecule has 0 aromatic heterocycles. The molecule has 1 N–H and O–H groups in total. The van der Waals surface area contributed by atoms with E-state index in [1.807, 2.05) is 70.2 Å². The second-order valence-electron chi connectivity index (χ2n) is 6.73. The van der Waals surface area contributed by atoms with Crippen LogP contribution in [0.15, 0.2) is 48.5 Å². The SMILES string of the molecule is CC1(C)OB(c2ccc(O)c(-c3ccccc3)c2)OC1(C)C. The van der Waals surface area contributed by atoms with Gasteiger partial charge in [-0.25, -0.2) is 0 Å². The van der Waals surface area contributed by atoms with Crippen LogP contribution >= 0.6 is 0 Å². The van der Waals surface area contributed by atoms with Crippen LogP contribution in [0.5, 0.6) is 5.75 Å². The standard InChI is InChI=1S/C18H21BO3/c1-17(2)18(3,4)22-19(21-17)14-10-11-16(20)15(12-14)13-8-6-5-7-9-13/h5-12,20H,1-4H3. The average Bonchev–Trinajstić information content (AvgIpc) is 2.69. The van der Waals surface area contributed by atoms with Gasteiger partial charge in [0.05, 0.1) is 11.2 Å². The van der Waals surface area contributed by atoms with Crippen molar-refractivity contribution in [1.82, 2.24) is 0 Å². The maximum atomic E-state index is 10.2. The van der Waals surface area contributed by atoms with Crippen molar-refractivity contribution in [2.75, 3.05) is 0 Å². The first-order valence-corrected chi connectivity index (χ1v) is 7.54. The minimum atomic E-state index is -0.423. The lowest BCUT2D eigenvalue weighted by Crippen LogP contribution is -2.41. The third-order valence-electron chi connectivity index (χ3n) is 4.63. The molecule has 2 aromatic carbocycles. The molecule has 1 heterocycles. The number of hydrogen-bond donors (Lipinski definition) is 1. The molecule has 0 saturated carbocycles. The zero-order valence-electron chi connectivity index (χ0n) is 13.5. The Morgan fingerprint density at radius 1 is 0.864 bits per heavy atom. The van der Waals surface area contributed by atoms with E-state index < -0.39 is 7.12 Å². The van der Waals surface area contributed by atoms with Gasteiger partial charge in [-0.3, -0.25) is 0 Å². The molecule has 0 bridgehead atoms. The molecule has 0 radical (unpaired) electrons. The molecule has 0 amide bonds. The van der Waals surface area contributed by atoms with Crippen molar-refractivity contribution in [2.45, 2.75) is 38.9 Å². The molecule has 114 valence electrons. The van der Waals surface area contributed by atoms with Crippen LogP contribution in [0.1, 0.15) is 27.7 Å². The van der Waals surface area contributed by atoms with E-state index in [0.29, 0.717) is 0 Å². The highest BCUT2D eigenvalue weighted by Gasteiger charge is 2.51. The van der Waals surface area contributed by atoms with Crippen molar-refractivity contribution in [2.24, 2.45) is 0 Å². The Kier molecular flexibility index (Phi) is 3.54. The fourth-order valence-electron chi connectivity index (χ4n) is 2.53. The molecule has 0 unspecified atom stereocenters. The number of benzene rings is 2. The molecule has 1 fully saturated rings. The maximum absolute atomic E-state index is 10.2. The number of aromatic hydroxyl groups is 1.